The molecule has 0 spiro atoms. The summed E-state index contributed by atoms with van der Waals surface area (Å²) >= 11 is 1.51. The fraction of sp³-hybridized carbons (Fsp3) is 0.381. The number of H-pyrrole nitrogens is 1. The Hall–Kier alpha value is -2.54. The summed E-state index contributed by atoms with van der Waals surface area (Å²) in [4.78, 5) is 33.4. The Morgan fingerprint density at radius 2 is 1.93 bits per heavy atom. The first-order chi connectivity index (χ1) is 13.5. The van der Waals surface area contributed by atoms with Gasteiger partial charge in [-0.3, -0.25) is 9.59 Å². The number of carbonyl (C=O) groups excluding carboxylic acids is 1. The third-order valence-electron chi connectivity index (χ3n) is 5.03. The van der Waals surface area contributed by atoms with Crippen LogP contribution in [0.2, 0.25) is 0 Å². The summed E-state index contributed by atoms with van der Waals surface area (Å²) in [6.07, 6.45) is 2.11. The van der Waals surface area contributed by atoms with E-state index >= 15 is 0 Å². The van der Waals surface area contributed by atoms with Crippen molar-refractivity contribution < 1.29 is 9.53 Å². The molecule has 0 saturated heterocycles. The number of hydrogen-bond acceptors (Lipinski definition) is 6. The zero-order chi connectivity index (χ0) is 19.8. The lowest BCUT2D eigenvalue weighted by Crippen LogP contribution is -2.32. The van der Waals surface area contributed by atoms with Crippen molar-refractivity contribution >= 4 is 23.4 Å². The lowest BCUT2D eigenvalue weighted by atomic mass is 9.76. The second kappa shape index (κ2) is 7.47. The highest BCUT2D eigenvalue weighted by Gasteiger charge is 2.37. The van der Waals surface area contributed by atoms with Crippen LogP contribution in [-0.2, 0) is 4.79 Å². The van der Waals surface area contributed by atoms with E-state index in [0.29, 0.717) is 33.8 Å². The number of nitrogens with one attached hydrogen (secondary N) is 2. The van der Waals surface area contributed by atoms with E-state index < -0.39 is 5.92 Å². The molecule has 0 bridgehead atoms. The van der Waals surface area contributed by atoms with Crippen LogP contribution in [0, 0.1) is 0 Å². The van der Waals surface area contributed by atoms with Crippen molar-refractivity contribution in [1.82, 2.24) is 9.97 Å². The van der Waals surface area contributed by atoms with Crippen LogP contribution in [0.5, 0.6) is 5.75 Å². The molecular weight excluding hydrogens is 374 g/mol. The maximum Gasteiger partial charge on any atom is 0.257 e. The summed E-state index contributed by atoms with van der Waals surface area (Å²) in [6.45, 7) is 4.11. The first-order valence-corrected chi connectivity index (χ1v) is 10.3. The van der Waals surface area contributed by atoms with Crippen LogP contribution in [0.3, 0.4) is 0 Å². The van der Waals surface area contributed by atoms with E-state index in [0.717, 1.165) is 29.9 Å². The molecule has 1 aliphatic heterocycles. The van der Waals surface area contributed by atoms with E-state index in [4.69, 9.17) is 4.74 Å². The van der Waals surface area contributed by atoms with Crippen LogP contribution in [0.15, 0.2) is 45.5 Å². The number of anilines is 1. The molecule has 1 atom stereocenters. The third-order valence-corrected chi connectivity index (χ3v) is 5.92. The topological polar surface area (TPSA) is 84.1 Å². The van der Waals surface area contributed by atoms with Gasteiger partial charge in [-0.15, -0.1) is 0 Å². The number of rotatable bonds is 4. The summed E-state index contributed by atoms with van der Waals surface area (Å²) in [5.74, 6) is 0.971. The lowest BCUT2D eigenvalue weighted by Gasteiger charge is -2.32. The molecule has 2 aliphatic rings. The Labute approximate surface area is 167 Å². The monoisotopic (exact) mass is 397 g/mol. The second-order valence-electron chi connectivity index (χ2n) is 7.30. The Morgan fingerprint density at radius 3 is 2.61 bits per heavy atom. The quantitative estimate of drug-likeness (QED) is 0.602. The van der Waals surface area contributed by atoms with Crippen molar-refractivity contribution in [1.29, 1.82) is 0 Å². The predicted octanol–water partition coefficient (Wildman–Crippen LogP) is 3.84. The minimum atomic E-state index is -0.417. The molecular formula is C21H23N3O3S. The molecule has 4 rings (SSSR count). The molecule has 7 heteroatoms. The van der Waals surface area contributed by atoms with Gasteiger partial charge in [0.1, 0.15) is 11.6 Å². The number of aromatic nitrogens is 2. The molecule has 0 amide bonds. The fourth-order valence-electron chi connectivity index (χ4n) is 3.85. The first-order valence-electron chi connectivity index (χ1n) is 9.46. The van der Waals surface area contributed by atoms with E-state index in [1.165, 1.54) is 11.8 Å². The van der Waals surface area contributed by atoms with Gasteiger partial charge in [-0.25, -0.2) is 4.98 Å². The molecule has 1 aromatic carbocycles. The van der Waals surface area contributed by atoms with Gasteiger partial charge in [-0.1, -0.05) is 37.7 Å². The number of fused-ring (bicyclic) bond motifs is 1. The van der Waals surface area contributed by atoms with Crippen LogP contribution < -0.4 is 15.6 Å². The van der Waals surface area contributed by atoms with E-state index in [2.05, 4.69) is 29.1 Å². The summed E-state index contributed by atoms with van der Waals surface area (Å²) < 4.78 is 5.26. The van der Waals surface area contributed by atoms with Crippen LogP contribution in [0.4, 0.5) is 5.82 Å². The minimum Gasteiger partial charge on any atom is -0.497 e. The number of nitrogens with zero attached hydrogens (tertiary/aromatic N) is 1. The molecule has 0 radical (unpaired) electrons. The van der Waals surface area contributed by atoms with Gasteiger partial charge >= 0.3 is 0 Å². The number of methoxy groups -OCH3 is 1. The standard InChI is InChI=1S/C21H23N3O3S/c1-11(2)28-21-23-19-18(20(26)24-21)16(12-7-9-13(27-3)10-8-12)17-14(22-19)5-4-6-15(17)25/h7-11,16H,4-6H2,1-3H3,(H2,22,23,24,26). The number of allylic oxidation sites excluding steroid dienone is 2. The maximum absolute atomic E-state index is 13.0. The highest BCUT2D eigenvalue weighted by molar-refractivity contribution is 7.99. The number of ether oxygens (including phenoxy) is 1. The van der Waals surface area contributed by atoms with Crippen molar-refractivity contribution in [3.05, 3.63) is 57.0 Å². The zero-order valence-corrected chi connectivity index (χ0v) is 17.0. The van der Waals surface area contributed by atoms with Gasteiger partial charge < -0.3 is 15.0 Å². The molecule has 0 fully saturated rings. The average molecular weight is 398 g/mol. The summed E-state index contributed by atoms with van der Waals surface area (Å²) in [5.41, 5.74) is 2.78. The van der Waals surface area contributed by atoms with Crippen molar-refractivity contribution in [2.24, 2.45) is 0 Å². The molecule has 2 aromatic rings. The Bertz CT molecular complexity index is 1010. The van der Waals surface area contributed by atoms with Gasteiger partial charge in [-0.05, 0) is 30.5 Å². The zero-order valence-electron chi connectivity index (χ0n) is 16.2. The molecule has 1 unspecified atom stereocenters. The number of aromatic amines is 1. The second-order valence-corrected chi connectivity index (χ2v) is 8.87. The van der Waals surface area contributed by atoms with Gasteiger partial charge in [0.15, 0.2) is 10.9 Å². The SMILES string of the molecule is COc1ccc(C2C3=C(CCCC3=O)Nc3nc(SC(C)C)[nH]c(=O)c32)cc1. The maximum atomic E-state index is 13.0. The highest BCUT2D eigenvalue weighted by Crippen LogP contribution is 2.43. The number of thioether (sulfide) groups is 1. The molecule has 2 heterocycles. The van der Waals surface area contributed by atoms with Crippen molar-refractivity contribution in [2.45, 2.75) is 49.4 Å². The Kier molecular flexibility index (Phi) is 5.02. The van der Waals surface area contributed by atoms with Crippen molar-refractivity contribution in [2.75, 3.05) is 12.4 Å². The first kappa shape index (κ1) is 18.8. The van der Waals surface area contributed by atoms with Gasteiger partial charge in [-0.2, -0.15) is 0 Å². The lowest BCUT2D eigenvalue weighted by molar-refractivity contribution is -0.116. The van der Waals surface area contributed by atoms with Crippen molar-refractivity contribution in [3.8, 4) is 5.75 Å². The molecule has 1 aliphatic carbocycles. The van der Waals surface area contributed by atoms with Crippen LogP contribution in [0.1, 0.15) is 50.2 Å². The molecule has 28 heavy (non-hydrogen) atoms. The summed E-state index contributed by atoms with van der Waals surface area (Å²) in [6, 6.07) is 7.55. The van der Waals surface area contributed by atoms with Crippen LogP contribution >= 0.6 is 11.8 Å². The normalized spacial score (nSPS) is 18.6. The smallest absolute Gasteiger partial charge is 0.257 e. The number of carbonyl (C=O) groups is 1. The van der Waals surface area contributed by atoms with E-state index in [-0.39, 0.29) is 11.3 Å². The number of ketones is 1. The summed E-state index contributed by atoms with van der Waals surface area (Å²) in [5, 5.41) is 4.18. The van der Waals surface area contributed by atoms with Crippen molar-refractivity contribution in [3.63, 3.8) is 0 Å². The molecule has 2 N–H and O–H groups in total. The number of benzene rings is 1. The fourth-order valence-corrected chi connectivity index (χ4v) is 4.59. The predicted molar refractivity (Wildman–Crippen MR) is 110 cm³/mol. The van der Waals surface area contributed by atoms with Crippen LogP contribution in [0.25, 0.3) is 0 Å². The molecule has 0 saturated carbocycles. The van der Waals surface area contributed by atoms with E-state index in [1.54, 1.807) is 7.11 Å². The highest BCUT2D eigenvalue weighted by atomic mass is 32.2. The van der Waals surface area contributed by atoms with E-state index in [1.807, 2.05) is 24.3 Å². The van der Waals surface area contributed by atoms with Gasteiger partial charge in [0.25, 0.3) is 5.56 Å². The van der Waals surface area contributed by atoms with Gasteiger partial charge in [0, 0.05) is 28.9 Å². The minimum absolute atomic E-state index is 0.0975. The Balaban J connectivity index is 1.89. The largest absolute Gasteiger partial charge is 0.497 e. The average Bonchev–Trinajstić information content (AvgIpc) is 2.66. The Morgan fingerprint density at radius 1 is 1.18 bits per heavy atom. The number of hydrogen-bond donors (Lipinski definition) is 2. The summed E-state index contributed by atoms with van der Waals surface area (Å²) in [7, 11) is 1.61. The van der Waals surface area contributed by atoms with Gasteiger partial charge in [0.2, 0.25) is 0 Å². The number of Topliss-reactive ketones (excluding diaryl/α,β-unsaturated/α-hetero) is 1. The molecule has 1 aromatic heterocycles. The third kappa shape index (κ3) is 3.35. The van der Waals surface area contributed by atoms with Gasteiger partial charge in [0.05, 0.1) is 12.7 Å². The molecule has 146 valence electrons. The van der Waals surface area contributed by atoms with Crippen LogP contribution in [-0.4, -0.2) is 28.1 Å². The van der Waals surface area contributed by atoms with E-state index in [9.17, 15) is 9.59 Å². The molecule has 6 nitrogen and oxygen atoms in total.